The third kappa shape index (κ3) is 6.78. The maximum absolute atomic E-state index is 12.8. The van der Waals surface area contributed by atoms with Crippen LogP contribution in [0.25, 0.3) is 5.69 Å². The molecule has 3 fully saturated rings. The van der Waals surface area contributed by atoms with Crippen molar-refractivity contribution in [2.75, 3.05) is 62.4 Å². The molecule has 0 spiro atoms. The van der Waals surface area contributed by atoms with Gasteiger partial charge in [0.15, 0.2) is 5.79 Å². The van der Waals surface area contributed by atoms with Crippen LogP contribution in [0.2, 0.25) is 0 Å². The highest BCUT2D eigenvalue weighted by molar-refractivity contribution is 5.54. The van der Waals surface area contributed by atoms with Crippen molar-refractivity contribution in [2.45, 2.75) is 57.6 Å². The van der Waals surface area contributed by atoms with Gasteiger partial charge in [-0.15, -0.1) is 0 Å². The van der Waals surface area contributed by atoms with Gasteiger partial charge in [0.1, 0.15) is 31.3 Å². The molecule has 7 rings (SSSR count). The van der Waals surface area contributed by atoms with E-state index in [1.165, 1.54) is 5.69 Å². The molecule has 250 valence electrons. The van der Waals surface area contributed by atoms with Crippen molar-refractivity contribution < 1.29 is 18.9 Å². The lowest BCUT2D eigenvalue weighted by Gasteiger charge is -2.37. The molecule has 47 heavy (non-hydrogen) atoms. The molecule has 2 aromatic heterocycles. The molecular formula is C34H44N8O5. The Balaban J connectivity index is 0.902. The molecule has 4 aromatic rings. The zero-order valence-electron chi connectivity index (χ0n) is 27.2. The second-order valence-corrected chi connectivity index (χ2v) is 12.6. The van der Waals surface area contributed by atoms with Crippen molar-refractivity contribution in [2.24, 2.45) is 5.92 Å². The van der Waals surface area contributed by atoms with Crippen LogP contribution in [-0.4, -0.2) is 93.8 Å². The minimum absolute atomic E-state index is 0.0740. The van der Waals surface area contributed by atoms with Crippen molar-refractivity contribution in [3.05, 3.63) is 77.7 Å². The molecule has 2 aromatic carbocycles. The van der Waals surface area contributed by atoms with E-state index in [0.717, 1.165) is 62.6 Å². The molecule has 0 N–H and O–H groups in total. The Morgan fingerprint density at radius 3 is 2.15 bits per heavy atom. The van der Waals surface area contributed by atoms with Crippen LogP contribution in [0.4, 0.5) is 11.4 Å². The highest BCUT2D eigenvalue weighted by Gasteiger charge is 2.49. The fourth-order valence-electron chi connectivity index (χ4n) is 6.71. The quantitative estimate of drug-likeness (QED) is 0.240. The zero-order chi connectivity index (χ0) is 32.2. The van der Waals surface area contributed by atoms with Crippen molar-refractivity contribution in [3.63, 3.8) is 0 Å². The summed E-state index contributed by atoms with van der Waals surface area (Å²) in [5, 5.41) is 12.9. The number of benzene rings is 2. The van der Waals surface area contributed by atoms with E-state index in [2.05, 4.69) is 56.3 Å². The van der Waals surface area contributed by atoms with E-state index in [9.17, 15) is 4.79 Å². The first kappa shape index (κ1) is 31.4. The molecule has 3 aliphatic heterocycles. The molecule has 3 atom stereocenters. The van der Waals surface area contributed by atoms with E-state index < -0.39 is 5.79 Å². The van der Waals surface area contributed by atoms with Gasteiger partial charge in [0.05, 0.1) is 30.7 Å². The number of rotatable bonds is 11. The minimum atomic E-state index is -0.776. The van der Waals surface area contributed by atoms with Crippen LogP contribution in [0.1, 0.15) is 39.2 Å². The van der Waals surface area contributed by atoms with Crippen LogP contribution < -0.4 is 20.2 Å². The molecule has 0 amide bonds. The second-order valence-electron chi connectivity index (χ2n) is 12.6. The van der Waals surface area contributed by atoms with Gasteiger partial charge in [0.2, 0.25) is 0 Å². The van der Waals surface area contributed by atoms with E-state index in [-0.39, 0.29) is 23.8 Å². The first-order valence-corrected chi connectivity index (χ1v) is 16.7. The maximum Gasteiger partial charge on any atom is 0.350 e. The Morgan fingerprint density at radius 2 is 1.51 bits per heavy atom. The topological polar surface area (TPSA) is 114 Å². The molecule has 0 bridgehead atoms. The van der Waals surface area contributed by atoms with Crippen LogP contribution in [0.5, 0.6) is 5.75 Å². The summed E-state index contributed by atoms with van der Waals surface area (Å²) in [5.74, 6) is 0.242. The molecular weight excluding hydrogens is 600 g/mol. The number of aromatic nitrogens is 6. The molecule has 3 saturated heterocycles. The Labute approximate surface area is 274 Å². The smallest absolute Gasteiger partial charge is 0.350 e. The van der Waals surface area contributed by atoms with Gasteiger partial charge in [0.25, 0.3) is 0 Å². The number of piperazine rings is 1. The molecule has 0 saturated carbocycles. The zero-order valence-corrected chi connectivity index (χ0v) is 27.2. The van der Waals surface area contributed by atoms with Gasteiger partial charge in [-0.05, 0) is 74.7 Å². The number of hydrogen-bond donors (Lipinski definition) is 0. The van der Waals surface area contributed by atoms with Crippen molar-refractivity contribution in [1.82, 2.24) is 29.3 Å². The highest BCUT2D eigenvalue weighted by atomic mass is 16.8. The minimum Gasteiger partial charge on any atom is -0.491 e. The van der Waals surface area contributed by atoms with E-state index in [4.69, 9.17) is 18.9 Å². The first-order chi connectivity index (χ1) is 23.0. The molecule has 0 radical (unpaired) electrons. The normalized spacial score (nSPS) is 22.9. The van der Waals surface area contributed by atoms with Crippen molar-refractivity contribution in [3.8, 4) is 11.4 Å². The second kappa shape index (κ2) is 13.9. The SMILES string of the molecule is CCC(C)n1ncn(-c2ccc(N3CCN(c4ccc(OC[C@@H]5CO[C@@](Cn6nccn6)(C6CCOCC6)O5)cc4)CC3)cc2)c1=O. The van der Waals surface area contributed by atoms with Crippen LogP contribution in [0.15, 0.2) is 72.0 Å². The standard InChI is InChI=1S/C34H44N8O5/c1-3-26(2)42-33(43)40(25-37-42)30-6-4-28(5-7-30)38-16-18-39(19-17-38)29-8-10-31(11-9-29)45-22-32-23-46-34(47-32,24-41-35-14-15-36-41)27-12-20-44-21-13-27/h4-11,14-15,25-27,32H,3,12-13,16-24H2,1-2H3/t26?,32-,34-/m1/s1. The fraction of sp³-hybridized carbons (Fsp3) is 0.529. The van der Waals surface area contributed by atoms with E-state index in [1.807, 2.05) is 31.2 Å². The fourth-order valence-corrected chi connectivity index (χ4v) is 6.71. The number of anilines is 2. The average molecular weight is 645 g/mol. The average Bonchev–Trinajstić information content (AvgIpc) is 3.89. The van der Waals surface area contributed by atoms with Crippen LogP contribution in [0, 0.1) is 5.92 Å². The van der Waals surface area contributed by atoms with Gasteiger partial charge < -0.3 is 28.7 Å². The van der Waals surface area contributed by atoms with Crippen molar-refractivity contribution >= 4 is 11.4 Å². The third-order valence-electron chi connectivity index (χ3n) is 9.66. The van der Waals surface area contributed by atoms with Gasteiger partial charge in [-0.2, -0.15) is 20.1 Å². The summed E-state index contributed by atoms with van der Waals surface area (Å²) in [6.45, 7) is 10.4. The van der Waals surface area contributed by atoms with E-state index >= 15 is 0 Å². The number of hydrogen-bond acceptors (Lipinski definition) is 10. The molecule has 5 heterocycles. The van der Waals surface area contributed by atoms with Crippen LogP contribution in [0.3, 0.4) is 0 Å². The Bertz CT molecular complexity index is 1630. The monoisotopic (exact) mass is 644 g/mol. The molecule has 0 aliphatic carbocycles. The van der Waals surface area contributed by atoms with E-state index in [1.54, 1.807) is 32.8 Å². The Hall–Kier alpha value is -4.20. The third-order valence-corrected chi connectivity index (χ3v) is 9.66. The summed E-state index contributed by atoms with van der Waals surface area (Å²) < 4.78 is 27.8. The first-order valence-electron chi connectivity index (χ1n) is 16.7. The Morgan fingerprint density at radius 1 is 0.894 bits per heavy atom. The summed E-state index contributed by atoms with van der Waals surface area (Å²) in [6, 6.07) is 16.5. The van der Waals surface area contributed by atoms with Gasteiger partial charge in [0, 0.05) is 56.7 Å². The summed E-state index contributed by atoms with van der Waals surface area (Å²) in [4.78, 5) is 19.2. The maximum atomic E-state index is 12.8. The van der Waals surface area contributed by atoms with Gasteiger partial charge in [-0.3, -0.25) is 0 Å². The lowest BCUT2D eigenvalue weighted by atomic mass is 9.90. The summed E-state index contributed by atoms with van der Waals surface area (Å²) in [5.41, 5.74) is 3.05. The number of nitrogens with zero attached hydrogens (tertiary/aromatic N) is 8. The number of ether oxygens (including phenoxy) is 4. The molecule has 1 unspecified atom stereocenters. The Kier molecular flexibility index (Phi) is 9.27. The summed E-state index contributed by atoms with van der Waals surface area (Å²) in [6.07, 6.45) is 7.39. The summed E-state index contributed by atoms with van der Waals surface area (Å²) >= 11 is 0. The van der Waals surface area contributed by atoms with Crippen LogP contribution in [-0.2, 0) is 20.8 Å². The predicted molar refractivity (Wildman–Crippen MR) is 176 cm³/mol. The highest BCUT2D eigenvalue weighted by Crippen LogP contribution is 2.38. The van der Waals surface area contributed by atoms with Gasteiger partial charge >= 0.3 is 5.69 Å². The molecule has 13 nitrogen and oxygen atoms in total. The lowest BCUT2D eigenvalue weighted by Crippen LogP contribution is -2.47. The molecule has 13 heteroatoms. The van der Waals surface area contributed by atoms with E-state index in [0.29, 0.717) is 33.0 Å². The lowest BCUT2D eigenvalue weighted by molar-refractivity contribution is -0.231. The summed E-state index contributed by atoms with van der Waals surface area (Å²) in [7, 11) is 0. The molecule has 3 aliphatic rings. The largest absolute Gasteiger partial charge is 0.491 e. The van der Waals surface area contributed by atoms with Gasteiger partial charge in [-0.25, -0.2) is 14.0 Å². The van der Waals surface area contributed by atoms with Gasteiger partial charge in [-0.1, -0.05) is 6.92 Å². The predicted octanol–water partition coefficient (Wildman–Crippen LogP) is 3.54. The van der Waals surface area contributed by atoms with Crippen LogP contribution >= 0.6 is 0 Å². The van der Waals surface area contributed by atoms with Crippen molar-refractivity contribution in [1.29, 1.82) is 0 Å².